The van der Waals surface area contributed by atoms with E-state index >= 15 is 0 Å². The highest BCUT2D eigenvalue weighted by molar-refractivity contribution is 7.47. The Labute approximate surface area is 509 Å². The molecule has 0 heterocycles. The van der Waals surface area contributed by atoms with Crippen LogP contribution in [0.4, 0.5) is 0 Å². The first kappa shape index (κ1) is 79.7. The van der Waals surface area contributed by atoms with Crippen molar-refractivity contribution in [3.8, 4) is 0 Å². The quantitative estimate of drug-likeness (QED) is 0.0205. The zero-order chi connectivity index (χ0) is 60.0. The van der Waals surface area contributed by atoms with E-state index in [-0.39, 0.29) is 31.5 Å². The molecule has 0 saturated carbocycles. The van der Waals surface area contributed by atoms with E-state index in [1.807, 2.05) is 33.3 Å². The third-order valence-corrected chi connectivity index (χ3v) is 16.7. The topological polar surface area (TPSA) is 111 Å². The van der Waals surface area contributed by atoms with Crippen molar-refractivity contribution in [3.63, 3.8) is 0 Å². The molecule has 10 heteroatoms. The Kier molecular flexibility index (Phi) is 60.1. The van der Waals surface area contributed by atoms with Crippen LogP contribution in [0.15, 0.2) is 60.8 Å². The van der Waals surface area contributed by atoms with E-state index in [1.54, 1.807) is 0 Å². The minimum Gasteiger partial charge on any atom is -0.456 e. The number of quaternary nitrogens is 1. The zero-order valence-electron chi connectivity index (χ0n) is 55.0. The van der Waals surface area contributed by atoms with Gasteiger partial charge in [-0.15, -0.1) is 0 Å². The molecule has 1 amide bonds. The molecule has 0 bridgehead atoms. The molecule has 0 rings (SSSR count). The van der Waals surface area contributed by atoms with E-state index in [4.69, 9.17) is 13.8 Å². The molecule has 0 fully saturated rings. The molecule has 0 aromatic carbocycles. The number of allylic oxidation sites excluding steroid dienone is 9. The van der Waals surface area contributed by atoms with Crippen LogP contribution in [0, 0.1) is 0 Å². The maximum absolute atomic E-state index is 13.6. The smallest absolute Gasteiger partial charge is 0.456 e. The Morgan fingerprint density at radius 2 is 0.756 bits per heavy atom. The first-order valence-electron chi connectivity index (χ1n) is 35.1. The molecule has 480 valence electrons. The summed E-state index contributed by atoms with van der Waals surface area (Å²) < 4.78 is 30.7. The van der Waals surface area contributed by atoms with Crippen molar-refractivity contribution >= 4 is 19.7 Å². The number of hydrogen-bond acceptors (Lipinski definition) is 6. The van der Waals surface area contributed by atoms with Crippen molar-refractivity contribution in [2.45, 2.75) is 348 Å². The van der Waals surface area contributed by atoms with Crippen LogP contribution in [0.25, 0.3) is 0 Å². The molecular formula is C72H136N2O7P+. The number of unbranched alkanes of at least 4 members (excludes halogenated alkanes) is 40. The summed E-state index contributed by atoms with van der Waals surface area (Å²) in [4.78, 5) is 37.8. The summed E-state index contributed by atoms with van der Waals surface area (Å²) in [5, 5.41) is 3.06. The largest absolute Gasteiger partial charge is 0.472 e. The number of rotatable bonds is 64. The Balaban J connectivity index is 5.05. The number of hydrogen-bond donors (Lipinski definition) is 2. The van der Waals surface area contributed by atoms with E-state index < -0.39 is 20.0 Å². The summed E-state index contributed by atoms with van der Waals surface area (Å²) in [6, 6.07) is -0.870. The summed E-state index contributed by atoms with van der Waals surface area (Å²) in [7, 11) is 1.48. The minimum atomic E-state index is -4.46. The van der Waals surface area contributed by atoms with E-state index in [9.17, 15) is 19.0 Å². The fourth-order valence-corrected chi connectivity index (χ4v) is 11.0. The Morgan fingerprint density at radius 1 is 0.427 bits per heavy atom. The van der Waals surface area contributed by atoms with Crippen LogP contribution in [-0.4, -0.2) is 74.3 Å². The van der Waals surface area contributed by atoms with E-state index in [2.05, 4.69) is 74.7 Å². The highest BCUT2D eigenvalue weighted by atomic mass is 31.2. The molecule has 3 atom stereocenters. The number of ether oxygens (including phenoxy) is 1. The normalized spacial score (nSPS) is 13.9. The van der Waals surface area contributed by atoms with Gasteiger partial charge < -0.3 is 19.4 Å². The van der Waals surface area contributed by atoms with Gasteiger partial charge in [0.1, 0.15) is 19.3 Å². The molecule has 0 aliphatic carbocycles. The molecule has 82 heavy (non-hydrogen) atoms. The van der Waals surface area contributed by atoms with Crippen molar-refractivity contribution in [1.29, 1.82) is 0 Å². The molecular weight excluding hydrogens is 1040 g/mol. The van der Waals surface area contributed by atoms with Crippen LogP contribution >= 0.6 is 7.82 Å². The maximum atomic E-state index is 13.6. The second-order valence-electron chi connectivity index (χ2n) is 25.1. The van der Waals surface area contributed by atoms with Gasteiger partial charge in [0.15, 0.2) is 0 Å². The van der Waals surface area contributed by atoms with Crippen LogP contribution in [0.1, 0.15) is 335 Å². The van der Waals surface area contributed by atoms with Crippen molar-refractivity contribution in [2.24, 2.45) is 0 Å². The zero-order valence-corrected chi connectivity index (χ0v) is 55.9. The minimum absolute atomic E-state index is 0.0323. The van der Waals surface area contributed by atoms with Gasteiger partial charge in [-0.25, -0.2) is 4.57 Å². The first-order valence-corrected chi connectivity index (χ1v) is 36.6. The van der Waals surface area contributed by atoms with Gasteiger partial charge in [0.25, 0.3) is 0 Å². The average molecular weight is 1170 g/mol. The average Bonchev–Trinajstić information content (AvgIpc) is 3.44. The predicted molar refractivity (Wildman–Crippen MR) is 355 cm³/mol. The van der Waals surface area contributed by atoms with E-state index in [1.165, 1.54) is 231 Å². The maximum Gasteiger partial charge on any atom is 0.472 e. The highest BCUT2D eigenvalue weighted by Crippen LogP contribution is 2.43. The molecule has 2 N–H and O–H groups in total. The lowest BCUT2D eigenvalue weighted by Gasteiger charge is -2.27. The number of nitrogens with zero attached hydrogens (tertiary/aromatic N) is 1. The van der Waals surface area contributed by atoms with E-state index in [0.29, 0.717) is 23.9 Å². The third kappa shape index (κ3) is 62.2. The summed E-state index contributed by atoms with van der Waals surface area (Å²) in [6.07, 6.45) is 79.7. The monoisotopic (exact) mass is 1170 g/mol. The highest BCUT2D eigenvalue weighted by Gasteiger charge is 2.30. The van der Waals surface area contributed by atoms with Gasteiger partial charge >= 0.3 is 13.8 Å². The molecule has 0 saturated heterocycles. The van der Waals surface area contributed by atoms with Gasteiger partial charge in [-0.05, 0) is 70.3 Å². The molecule has 0 spiro atoms. The van der Waals surface area contributed by atoms with Gasteiger partial charge in [-0.1, -0.05) is 313 Å². The molecule has 0 radical (unpaired) electrons. The standard InChI is InChI=1S/C72H135N2O7P/c1-7-10-13-16-19-22-25-28-30-32-33-34-35-36-37-38-39-40-41-43-44-46-49-52-55-58-61-64-71(75)73-69(68-80-82(77,78)79-67-66-74(4,5)6)70(63-60-57-54-51-48-27-24-21-18-15-12-9-3)81-72(76)65-62-59-56-53-50-47-45-42-31-29-26-23-20-17-14-11-8-2/h20,23,29,31,45,47,53,56,60,63,69-70H,7-19,21-22,24-28,30,32-44,46,48-52,54-55,57-59,61-62,64-68H2,1-6H3,(H-,73,75,77,78)/p+1/b23-20-,31-29-,47-45-,56-53-,63-60-. The van der Waals surface area contributed by atoms with Crippen LogP contribution in [-0.2, 0) is 27.9 Å². The number of amides is 1. The second-order valence-corrected chi connectivity index (χ2v) is 26.5. The summed E-state index contributed by atoms with van der Waals surface area (Å²) in [6.45, 7) is 6.99. The molecule has 0 aliphatic heterocycles. The molecule has 0 aromatic heterocycles. The number of carbonyl (C=O) groups is 2. The number of carbonyl (C=O) groups excluding carboxylic acids is 2. The third-order valence-electron chi connectivity index (χ3n) is 15.7. The van der Waals surface area contributed by atoms with Crippen molar-refractivity contribution in [1.82, 2.24) is 5.32 Å². The number of phosphoric acid groups is 1. The SMILES string of the molecule is CCCCC/C=C\C/C=C\C/C=C\C/C=C\CCCC(=O)OC(/C=C\CCCCCCCCCCCC)C(COP(=O)(O)OCC[N+](C)(C)C)NC(=O)CCCCCCCCCCCCCCCCCCCCCCCCCCCCC. The number of nitrogens with one attached hydrogen (secondary N) is 1. The summed E-state index contributed by atoms with van der Waals surface area (Å²) >= 11 is 0. The molecule has 9 nitrogen and oxygen atoms in total. The lowest BCUT2D eigenvalue weighted by molar-refractivity contribution is -0.870. The van der Waals surface area contributed by atoms with Gasteiger partial charge in [0, 0.05) is 12.8 Å². The van der Waals surface area contributed by atoms with Crippen molar-refractivity contribution < 1.29 is 37.3 Å². The van der Waals surface area contributed by atoms with Gasteiger partial charge in [0.05, 0.1) is 33.8 Å². The Bertz CT molecular complexity index is 1590. The summed E-state index contributed by atoms with van der Waals surface area (Å²) in [5.74, 6) is -0.558. The van der Waals surface area contributed by atoms with Gasteiger partial charge in [-0.2, -0.15) is 0 Å². The van der Waals surface area contributed by atoms with Crippen LogP contribution in [0.5, 0.6) is 0 Å². The first-order chi connectivity index (χ1) is 39.9. The Hall–Kier alpha value is -2.29. The van der Waals surface area contributed by atoms with Crippen LogP contribution < -0.4 is 5.32 Å². The Morgan fingerprint density at radius 3 is 1.16 bits per heavy atom. The lowest BCUT2D eigenvalue weighted by Crippen LogP contribution is -2.47. The fourth-order valence-electron chi connectivity index (χ4n) is 10.3. The molecule has 0 aromatic rings. The van der Waals surface area contributed by atoms with Gasteiger partial charge in [0.2, 0.25) is 5.91 Å². The van der Waals surface area contributed by atoms with Crippen LogP contribution in [0.3, 0.4) is 0 Å². The predicted octanol–water partition coefficient (Wildman–Crippen LogP) is 22.2. The summed E-state index contributed by atoms with van der Waals surface area (Å²) in [5.41, 5.74) is 0. The molecule has 0 aliphatic rings. The van der Waals surface area contributed by atoms with Crippen LogP contribution in [0.2, 0.25) is 0 Å². The van der Waals surface area contributed by atoms with Gasteiger partial charge in [-0.3, -0.25) is 18.6 Å². The van der Waals surface area contributed by atoms with Crippen molar-refractivity contribution in [2.75, 3.05) is 40.9 Å². The second kappa shape index (κ2) is 61.8. The lowest BCUT2D eigenvalue weighted by atomic mass is 10.0. The fraction of sp³-hybridized carbons (Fsp3) is 0.833. The van der Waals surface area contributed by atoms with E-state index in [0.717, 1.165) is 64.2 Å². The number of esters is 1. The number of phosphoric ester groups is 1. The van der Waals surface area contributed by atoms with Crippen molar-refractivity contribution in [3.05, 3.63) is 60.8 Å². The molecule has 3 unspecified atom stereocenters. The number of likely N-dealkylation sites (N-methyl/N-ethyl adjacent to an activating group) is 1.